The molecule has 2 aromatic heterocycles. The van der Waals surface area contributed by atoms with E-state index in [1.54, 1.807) is 0 Å². The van der Waals surface area contributed by atoms with E-state index in [1.165, 1.54) is 62.5 Å². The Hall–Kier alpha value is -4.58. The molecule has 2 fully saturated rings. The molecule has 0 unspecified atom stereocenters. The summed E-state index contributed by atoms with van der Waals surface area (Å²) in [4.78, 5) is 9.66. The maximum Gasteiger partial charge on any atom is 0.227 e. The van der Waals surface area contributed by atoms with E-state index >= 15 is 0 Å². The fraction of sp³-hybridized carbons (Fsp3) is 0.350. The summed E-state index contributed by atoms with van der Waals surface area (Å²) >= 11 is 0. The Labute approximate surface area is 269 Å². The van der Waals surface area contributed by atoms with Crippen molar-refractivity contribution in [1.29, 1.82) is 0 Å². The first-order chi connectivity index (χ1) is 22.7. The second-order valence-corrected chi connectivity index (χ2v) is 12.7. The lowest BCUT2D eigenvalue weighted by Crippen LogP contribution is -2.00. The third-order valence-electron chi connectivity index (χ3n) is 9.83. The van der Waals surface area contributed by atoms with Crippen LogP contribution in [0.25, 0.3) is 56.2 Å². The molecule has 2 heterocycles. The second-order valence-electron chi connectivity index (χ2n) is 12.7. The molecule has 6 aromatic rings. The predicted octanol–water partition coefficient (Wildman–Crippen LogP) is 11.1. The molecule has 6 heteroatoms. The molecule has 0 saturated heterocycles. The van der Waals surface area contributed by atoms with Gasteiger partial charge in [-0.1, -0.05) is 49.9 Å². The molecular weight excluding hydrogens is 572 g/mol. The first-order valence-electron chi connectivity index (χ1n) is 17.0. The summed E-state index contributed by atoms with van der Waals surface area (Å²) in [7, 11) is 0. The highest BCUT2D eigenvalue weighted by molar-refractivity contribution is 5.81. The van der Waals surface area contributed by atoms with Crippen molar-refractivity contribution >= 4 is 22.2 Å². The van der Waals surface area contributed by atoms with E-state index in [-0.39, 0.29) is 0 Å². The van der Waals surface area contributed by atoms with Crippen LogP contribution in [0, 0.1) is 0 Å². The molecule has 6 nitrogen and oxygen atoms in total. The van der Waals surface area contributed by atoms with Crippen LogP contribution in [0.2, 0.25) is 0 Å². The Morgan fingerprint density at radius 1 is 0.543 bits per heavy atom. The molecule has 8 rings (SSSR count). The van der Waals surface area contributed by atoms with Gasteiger partial charge in [-0.2, -0.15) is 0 Å². The third kappa shape index (κ3) is 5.44. The standard InChI is InChI=1S/C40H40N2O4/c1-3-43-35-23-33-37(21-31(35)27-9-5-6-10-27)45-39(41-33)29-17-13-25(14-18-29)26-15-19-30(20-16-26)40-42-34-24-36(44-4-2)32(22-38(34)46-40)28-11-7-8-12-28/h13-24,27-28H,3-12H2,1-2H3. The lowest BCUT2D eigenvalue weighted by atomic mass is 9.96. The van der Waals surface area contributed by atoms with Crippen molar-refractivity contribution in [2.45, 2.75) is 77.0 Å². The minimum absolute atomic E-state index is 0.537. The molecule has 2 aliphatic rings. The minimum atomic E-state index is 0.537. The molecule has 4 aromatic carbocycles. The lowest BCUT2D eigenvalue weighted by molar-refractivity contribution is 0.334. The van der Waals surface area contributed by atoms with Crippen molar-refractivity contribution in [2.24, 2.45) is 0 Å². The summed E-state index contributed by atoms with van der Waals surface area (Å²) < 4.78 is 24.6. The minimum Gasteiger partial charge on any atom is -0.494 e. The van der Waals surface area contributed by atoms with Crippen molar-refractivity contribution in [1.82, 2.24) is 9.97 Å². The number of rotatable bonds is 9. The van der Waals surface area contributed by atoms with Gasteiger partial charge >= 0.3 is 0 Å². The number of oxazole rings is 2. The van der Waals surface area contributed by atoms with Gasteiger partial charge in [0.05, 0.1) is 13.2 Å². The number of hydrogen-bond donors (Lipinski definition) is 0. The summed E-state index contributed by atoms with van der Waals surface area (Å²) in [5.74, 6) is 4.22. The average Bonchev–Trinajstić information content (AvgIpc) is 3.92. The predicted molar refractivity (Wildman–Crippen MR) is 183 cm³/mol. The molecule has 0 amide bonds. The number of ether oxygens (including phenoxy) is 2. The lowest BCUT2D eigenvalue weighted by Gasteiger charge is -2.15. The third-order valence-corrected chi connectivity index (χ3v) is 9.83. The molecule has 0 N–H and O–H groups in total. The Kier molecular flexibility index (Phi) is 7.73. The van der Waals surface area contributed by atoms with Gasteiger partial charge in [0.1, 0.15) is 22.5 Å². The maximum atomic E-state index is 6.29. The van der Waals surface area contributed by atoms with E-state index in [4.69, 9.17) is 28.3 Å². The summed E-state index contributed by atoms with van der Waals surface area (Å²) in [6, 6.07) is 25.2. The van der Waals surface area contributed by atoms with Gasteiger partial charge in [-0.3, -0.25) is 0 Å². The van der Waals surface area contributed by atoms with Gasteiger partial charge in [0, 0.05) is 34.4 Å². The zero-order chi connectivity index (χ0) is 31.0. The SMILES string of the molecule is CCOc1cc2nc(-c3ccc(-c4ccc(-c5nc6cc(OCC)c(C7CCCC7)cc6o5)cc4)cc3)oc2cc1C1CCCC1. The van der Waals surface area contributed by atoms with E-state index in [9.17, 15) is 0 Å². The van der Waals surface area contributed by atoms with E-state index in [0.717, 1.165) is 56.0 Å². The highest BCUT2D eigenvalue weighted by atomic mass is 16.5. The van der Waals surface area contributed by atoms with Gasteiger partial charge in [0.25, 0.3) is 0 Å². The van der Waals surface area contributed by atoms with Crippen LogP contribution in [0.15, 0.2) is 81.6 Å². The molecule has 0 bridgehead atoms. The van der Waals surface area contributed by atoms with Crippen LogP contribution >= 0.6 is 0 Å². The van der Waals surface area contributed by atoms with Crippen LogP contribution < -0.4 is 9.47 Å². The largest absolute Gasteiger partial charge is 0.494 e. The van der Waals surface area contributed by atoms with Crippen LogP contribution in [0.5, 0.6) is 11.5 Å². The van der Waals surface area contributed by atoms with Crippen molar-refractivity contribution in [3.63, 3.8) is 0 Å². The number of aromatic nitrogens is 2. The zero-order valence-electron chi connectivity index (χ0n) is 26.7. The van der Waals surface area contributed by atoms with Crippen molar-refractivity contribution in [3.05, 3.63) is 83.9 Å². The first-order valence-corrected chi connectivity index (χ1v) is 17.0. The fourth-order valence-corrected chi connectivity index (χ4v) is 7.47. The van der Waals surface area contributed by atoms with Gasteiger partial charge in [0.15, 0.2) is 11.2 Å². The first kappa shape index (κ1) is 28.9. The Balaban J connectivity index is 1.03. The van der Waals surface area contributed by atoms with E-state index in [2.05, 4.69) is 72.8 Å². The molecule has 0 atom stereocenters. The van der Waals surface area contributed by atoms with Crippen LogP contribution in [0.3, 0.4) is 0 Å². The smallest absolute Gasteiger partial charge is 0.227 e. The van der Waals surface area contributed by atoms with Gasteiger partial charge < -0.3 is 18.3 Å². The Morgan fingerprint density at radius 2 is 0.913 bits per heavy atom. The molecule has 46 heavy (non-hydrogen) atoms. The molecule has 2 saturated carbocycles. The molecule has 234 valence electrons. The highest BCUT2D eigenvalue weighted by Crippen LogP contribution is 2.43. The Bertz CT molecular complexity index is 1830. The topological polar surface area (TPSA) is 70.5 Å². The number of benzene rings is 4. The summed E-state index contributed by atoms with van der Waals surface area (Å²) in [5, 5.41) is 0. The van der Waals surface area contributed by atoms with E-state index in [1.807, 2.05) is 13.8 Å². The maximum absolute atomic E-state index is 6.29. The average molecular weight is 613 g/mol. The monoisotopic (exact) mass is 612 g/mol. The molecule has 0 radical (unpaired) electrons. The number of fused-ring (bicyclic) bond motifs is 2. The zero-order valence-corrected chi connectivity index (χ0v) is 26.7. The van der Waals surface area contributed by atoms with E-state index in [0.29, 0.717) is 36.8 Å². The fourth-order valence-electron chi connectivity index (χ4n) is 7.47. The second kappa shape index (κ2) is 12.3. The summed E-state index contributed by atoms with van der Waals surface area (Å²) in [6.07, 6.45) is 9.94. The molecular formula is C40H40N2O4. The van der Waals surface area contributed by atoms with Gasteiger partial charge in [-0.15, -0.1) is 0 Å². The van der Waals surface area contributed by atoms with Crippen LogP contribution in [-0.4, -0.2) is 23.2 Å². The van der Waals surface area contributed by atoms with Crippen molar-refractivity contribution < 1.29 is 18.3 Å². The summed E-state index contributed by atoms with van der Waals surface area (Å²) in [6.45, 7) is 5.35. The quantitative estimate of drug-likeness (QED) is 0.162. The molecule has 2 aliphatic carbocycles. The van der Waals surface area contributed by atoms with Gasteiger partial charge in [-0.25, -0.2) is 9.97 Å². The molecule has 0 spiro atoms. The van der Waals surface area contributed by atoms with Crippen molar-refractivity contribution in [2.75, 3.05) is 13.2 Å². The normalized spacial score (nSPS) is 15.8. The van der Waals surface area contributed by atoms with E-state index < -0.39 is 0 Å². The van der Waals surface area contributed by atoms with Crippen LogP contribution in [0.1, 0.15) is 88.2 Å². The highest BCUT2D eigenvalue weighted by Gasteiger charge is 2.24. The van der Waals surface area contributed by atoms with Crippen LogP contribution in [0.4, 0.5) is 0 Å². The van der Waals surface area contributed by atoms with Gasteiger partial charge in [-0.05, 0) is 98.9 Å². The van der Waals surface area contributed by atoms with Crippen molar-refractivity contribution in [3.8, 4) is 45.5 Å². The number of hydrogen-bond acceptors (Lipinski definition) is 6. The Morgan fingerprint density at radius 3 is 1.28 bits per heavy atom. The van der Waals surface area contributed by atoms with Gasteiger partial charge in [0.2, 0.25) is 11.8 Å². The molecule has 0 aliphatic heterocycles. The number of nitrogens with zero attached hydrogens (tertiary/aromatic N) is 2. The van der Waals surface area contributed by atoms with Crippen LogP contribution in [-0.2, 0) is 0 Å². The summed E-state index contributed by atoms with van der Waals surface area (Å²) in [5.41, 5.74) is 9.98.